The first kappa shape index (κ1) is 27.0. The molecule has 2 heterocycles. The van der Waals surface area contributed by atoms with Gasteiger partial charge in [-0.1, -0.05) is 42.5 Å². The molecule has 2 aromatic rings. The zero-order valence-electron chi connectivity index (χ0n) is 21.3. The van der Waals surface area contributed by atoms with Crippen molar-refractivity contribution in [2.24, 2.45) is 5.92 Å². The number of ketones is 1. The van der Waals surface area contributed by atoms with Gasteiger partial charge in [0.2, 0.25) is 11.8 Å². The first-order chi connectivity index (χ1) is 17.2. The molecule has 1 saturated carbocycles. The Morgan fingerprint density at radius 2 is 1.75 bits per heavy atom. The quantitative estimate of drug-likeness (QED) is 0.475. The first-order valence-electron chi connectivity index (χ1n) is 13.0. The highest BCUT2D eigenvalue weighted by atomic mass is 35.5. The van der Waals surface area contributed by atoms with Crippen LogP contribution in [0.2, 0.25) is 10.0 Å². The molecule has 2 amide bonds. The molecule has 4 rings (SSSR count). The first-order valence-corrected chi connectivity index (χ1v) is 13.7. The molecule has 1 aliphatic heterocycles. The van der Waals surface area contributed by atoms with Crippen LogP contribution in [0.15, 0.2) is 18.3 Å². The van der Waals surface area contributed by atoms with Crippen LogP contribution in [0.4, 0.5) is 0 Å². The Morgan fingerprint density at radius 1 is 1.06 bits per heavy atom. The van der Waals surface area contributed by atoms with Crippen molar-refractivity contribution in [3.63, 3.8) is 0 Å². The molecule has 3 unspecified atom stereocenters. The minimum absolute atomic E-state index is 0.00498. The van der Waals surface area contributed by atoms with Gasteiger partial charge in [-0.15, -0.1) is 0 Å². The fourth-order valence-corrected chi connectivity index (χ4v) is 6.02. The van der Waals surface area contributed by atoms with E-state index in [-0.39, 0.29) is 35.6 Å². The van der Waals surface area contributed by atoms with Gasteiger partial charge in [0.15, 0.2) is 5.78 Å². The van der Waals surface area contributed by atoms with E-state index >= 15 is 0 Å². The van der Waals surface area contributed by atoms with E-state index < -0.39 is 6.04 Å². The van der Waals surface area contributed by atoms with E-state index in [1.807, 2.05) is 15.7 Å². The van der Waals surface area contributed by atoms with Crippen molar-refractivity contribution in [1.82, 2.24) is 20.1 Å². The smallest absolute Gasteiger partial charge is 0.245 e. The molecule has 3 atom stereocenters. The Kier molecular flexibility index (Phi) is 8.63. The monoisotopic (exact) mass is 534 g/mol. The number of rotatable bonds is 8. The number of Topliss-reactive ketones (excluding diaryl/α,β-unsaturated/α-hetero) is 1. The number of halogens is 2. The summed E-state index contributed by atoms with van der Waals surface area (Å²) in [5.74, 6) is -0.0371. The van der Waals surface area contributed by atoms with E-state index in [2.05, 4.69) is 10.6 Å². The summed E-state index contributed by atoms with van der Waals surface area (Å²) in [5, 5.41) is 7.66. The summed E-state index contributed by atoms with van der Waals surface area (Å²) >= 11 is 12.6. The molecule has 0 bridgehead atoms. The van der Waals surface area contributed by atoms with Crippen molar-refractivity contribution in [2.75, 3.05) is 13.6 Å². The van der Waals surface area contributed by atoms with Crippen LogP contribution >= 0.6 is 23.2 Å². The lowest BCUT2D eigenvalue weighted by Crippen LogP contribution is -2.56. The normalized spacial score (nSPS) is 20.5. The number of carbonyl (C=O) groups excluding carboxylic acids is 3. The number of nitrogens with zero attached hydrogens (tertiary/aromatic N) is 2. The highest BCUT2D eigenvalue weighted by Crippen LogP contribution is 2.33. The number of aromatic nitrogens is 1. The van der Waals surface area contributed by atoms with E-state index in [1.165, 1.54) is 13.3 Å². The van der Waals surface area contributed by atoms with E-state index in [9.17, 15) is 14.4 Å². The summed E-state index contributed by atoms with van der Waals surface area (Å²) in [6.45, 7) is 4.55. The van der Waals surface area contributed by atoms with Crippen LogP contribution in [0.1, 0.15) is 69.2 Å². The molecular formula is C27H36Cl2N4O3. The summed E-state index contributed by atoms with van der Waals surface area (Å²) in [6.07, 6.45) is 8.86. The minimum atomic E-state index is -0.517. The highest BCUT2D eigenvalue weighted by Gasteiger charge is 2.38. The second-order valence-electron chi connectivity index (χ2n) is 10.3. The summed E-state index contributed by atoms with van der Waals surface area (Å²) in [7, 11) is 1.74. The fraction of sp³-hybridized carbons (Fsp3) is 0.593. The molecule has 2 N–H and O–H groups in total. The molecule has 0 spiro atoms. The lowest BCUT2D eigenvalue weighted by molar-refractivity contribution is -0.139. The van der Waals surface area contributed by atoms with E-state index in [0.29, 0.717) is 28.7 Å². The molecule has 1 aromatic heterocycles. The predicted octanol–water partition coefficient (Wildman–Crippen LogP) is 4.81. The Hall–Kier alpha value is -2.09. The molecule has 1 aliphatic carbocycles. The average molecular weight is 536 g/mol. The second kappa shape index (κ2) is 11.5. The topological polar surface area (TPSA) is 83.4 Å². The number of nitrogens with one attached hydrogen (secondary N) is 2. The Balaban J connectivity index is 1.60. The molecule has 36 heavy (non-hydrogen) atoms. The average Bonchev–Trinajstić information content (AvgIpc) is 3.47. The van der Waals surface area contributed by atoms with Gasteiger partial charge in [-0.05, 0) is 64.6 Å². The molecule has 9 heteroatoms. The molecule has 0 radical (unpaired) electrons. The van der Waals surface area contributed by atoms with E-state index in [0.717, 1.165) is 49.4 Å². The van der Waals surface area contributed by atoms with E-state index in [1.54, 1.807) is 26.1 Å². The standard InChI is InChI=1S/C27H36Cl2N4O3/c1-16(30-3)26(35)31-25(18-8-5-4-6-9-18)27(36)33-11-7-10-19(33)14-32-15-21(17(2)34)20-12-22(28)23(29)13-24(20)32/h12-13,15-16,18-19,25,30H,4-11,14H2,1-3H3,(H,31,35). The maximum absolute atomic E-state index is 14.0. The fourth-order valence-electron chi connectivity index (χ4n) is 5.70. The van der Waals surface area contributed by atoms with E-state index in [4.69, 9.17) is 23.2 Å². The van der Waals surface area contributed by atoms with Gasteiger partial charge in [-0.25, -0.2) is 0 Å². The summed E-state index contributed by atoms with van der Waals surface area (Å²) in [5.41, 5.74) is 1.42. The third-order valence-corrected chi connectivity index (χ3v) is 8.60. The zero-order chi connectivity index (χ0) is 26.0. The van der Waals surface area contributed by atoms with Crippen molar-refractivity contribution < 1.29 is 14.4 Å². The van der Waals surface area contributed by atoms with Gasteiger partial charge in [0.25, 0.3) is 0 Å². The van der Waals surface area contributed by atoms with Crippen molar-refractivity contribution in [2.45, 2.75) is 83.5 Å². The Morgan fingerprint density at radius 3 is 2.42 bits per heavy atom. The number of hydrogen-bond acceptors (Lipinski definition) is 4. The number of likely N-dealkylation sites (N-methyl/N-ethyl adjacent to an activating group) is 1. The van der Waals surface area contributed by atoms with Crippen molar-refractivity contribution in [3.05, 3.63) is 33.9 Å². The van der Waals surface area contributed by atoms with Crippen LogP contribution in [0.25, 0.3) is 10.9 Å². The number of hydrogen-bond donors (Lipinski definition) is 2. The molecule has 2 fully saturated rings. The van der Waals surface area contributed by atoms with Crippen LogP contribution in [0, 0.1) is 5.92 Å². The van der Waals surface area contributed by atoms with Crippen LogP contribution in [0.5, 0.6) is 0 Å². The maximum atomic E-state index is 14.0. The Labute approximate surface area is 222 Å². The SMILES string of the molecule is CNC(C)C(=O)NC(C(=O)N1CCCC1Cn1cc(C(C)=O)c2cc(Cl)c(Cl)cc21)C1CCCCC1. The van der Waals surface area contributed by atoms with Gasteiger partial charge in [0.1, 0.15) is 6.04 Å². The third kappa shape index (κ3) is 5.58. The van der Waals surface area contributed by atoms with Gasteiger partial charge in [0.05, 0.1) is 21.6 Å². The van der Waals surface area contributed by atoms with Gasteiger partial charge < -0.3 is 20.1 Å². The van der Waals surface area contributed by atoms with Crippen LogP contribution in [0.3, 0.4) is 0 Å². The molecule has 2 aliphatic rings. The molecule has 7 nitrogen and oxygen atoms in total. The largest absolute Gasteiger partial charge is 0.345 e. The van der Waals surface area contributed by atoms with Crippen LogP contribution in [-0.2, 0) is 16.1 Å². The van der Waals surface area contributed by atoms with Crippen molar-refractivity contribution in [3.8, 4) is 0 Å². The zero-order valence-corrected chi connectivity index (χ0v) is 22.8. The lowest BCUT2D eigenvalue weighted by Gasteiger charge is -2.35. The van der Waals surface area contributed by atoms with Gasteiger partial charge in [-0.2, -0.15) is 0 Å². The van der Waals surface area contributed by atoms with Crippen LogP contribution < -0.4 is 10.6 Å². The number of carbonyl (C=O) groups is 3. The molecular weight excluding hydrogens is 499 g/mol. The molecule has 196 valence electrons. The van der Waals surface area contributed by atoms with Gasteiger partial charge in [-0.3, -0.25) is 14.4 Å². The summed E-state index contributed by atoms with van der Waals surface area (Å²) in [6, 6.07) is 2.60. The van der Waals surface area contributed by atoms with Crippen LogP contribution in [-0.4, -0.2) is 58.8 Å². The van der Waals surface area contributed by atoms with Crippen molar-refractivity contribution in [1.29, 1.82) is 0 Å². The lowest BCUT2D eigenvalue weighted by atomic mass is 9.83. The Bertz CT molecular complexity index is 1140. The number of likely N-dealkylation sites (tertiary alicyclic amines) is 1. The van der Waals surface area contributed by atoms with Gasteiger partial charge >= 0.3 is 0 Å². The third-order valence-electron chi connectivity index (χ3n) is 7.88. The summed E-state index contributed by atoms with van der Waals surface area (Å²) in [4.78, 5) is 41.0. The number of amides is 2. The predicted molar refractivity (Wildman–Crippen MR) is 144 cm³/mol. The molecule has 1 saturated heterocycles. The second-order valence-corrected chi connectivity index (χ2v) is 11.1. The van der Waals surface area contributed by atoms with Crippen molar-refractivity contribution >= 4 is 51.7 Å². The molecule has 1 aromatic carbocycles. The maximum Gasteiger partial charge on any atom is 0.245 e. The number of fused-ring (bicyclic) bond motifs is 1. The highest BCUT2D eigenvalue weighted by molar-refractivity contribution is 6.43. The summed E-state index contributed by atoms with van der Waals surface area (Å²) < 4.78 is 2.02. The number of benzene rings is 1. The minimum Gasteiger partial charge on any atom is -0.345 e. The van der Waals surface area contributed by atoms with Gasteiger partial charge in [0, 0.05) is 36.3 Å².